The molecule has 4 heteroatoms. The van der Waals surface area contributed by atoms with Crippen molar-refractivity contribution in [2.24, 2.45) is 0 Å². The van der Waals surface area contributed by atoms with E-state index in [1.54, 1.807) is 23.7 Å². The molecule has 20 heavy (non-hydrogen) atoms. The first-order chi connectivity index (χ1) is 9.60. The van der Waals surface area contributed by atoms with Gasteiger partial charge in [-0.05, 0) is 43.0 Å². The third kappa shape index (κ3) is 3.67. The summed E-state index contributed by atoms with van der Waals surface area (Å²) in [5, 5.41) is 0. The number of nitrogens with zero attached hydrogens (tertiary/aromatic N) is 1. The number of carbonyl (C=O) groups is 1. The van der Waals surface area contributed by atoms with Crippen LogP contribution in [-0.2, 0) is 12.3 Å². The second kappa shape index (κ2) is 6.66. The van der Waals surface area contributed by atoms with Crippen LogP contribution in [0, 0.1) is 6.92 Å². The number of hydrogen-bond acceptors (Lipinski definition) is 3. The van der Waals surface area contributed by atoms with Crippen LogP contribution in [-0.4, -0.2) is 24.1 Å². The Morgan fingerprint density at radius 3 is 2.45 bits per heavy atom. The van der Waals surface area contributed by atoms with Crippen molar-refractivity contribution in [1.29, 1.82) is 0 Å². The zero-order valence-electron chi connectivity index (χ0n) is 12.1. The maximum Gasteiger partial charge on any atom is 0.254 e. The Labute approximate surface area is 124 Å². The fourth-order valence-electron chi connectivity index (χ4n) is 2.01. The molecule has 1 amide bonds. The highest BCUT2D eigenvalue weighted by molar-refractivity contribution is 7.97. The number of furan rings is 1. The smallest absolute Gasteiger partial charge is 0.254 e. The number of carbonyl (C=O) groups excluding carboxylic acids is 1. The summed E-state index contributed by atoms with van der Waals surface area (Å²) in [6.07, 6.45) is 2.07. The average molecular weight is 289 g/mol. The molecule has 0 N–H and O–H groups in total. The highest BCUT2D eigenvalue weighted by atomic mass is 32.2. The standard InChI is InChI=1S/C16H19NO2S/c1-12-4-9-15(19-12)10-17(2)16(18)14-7-5-13(6-8-14)11-20-3/h4-9H,10-11H2,1-3H3. The van der Waals surface area contributed by atoms with Gasteiger partial charge < -0.3 is 9.32 Å². The summed E-state index contributed by atoms with van der Waals surface area (Å²) in [4.78, 5) is 14.0. The van der Waals surface area contributed by atoms with Crippen molar-refractivity contribution in [2.75, 3.05) is 13.3 Å². The molecule has 0 radical (unpaired) electrons. The number of thioether (sulfide) groups is 1. The Morgan fingerprint density at radius 2 is 1.90 bits per heavy atom. The predicted octanol–water partition coefficient (Wildman–Crippen LogP) is 3.72. The molecule has 2 aromatic rings. The molecule has 1 heterocycles. The molecule has 1 aromatic heterocycles. The second-order valence-corrected chi connectivity index (χ2v) is 5.67. The van der Waals surface area contributed by atoms with Crippen LogP contribution in [0.1, 0.15) is 27.4 Å². The summed E-state index contributed by atoms with van der Waals surface area (Å²) in [5.74, 6) is 2.64. The Morgan fingerprint density at radius 1 is 1.20 bits per heavy atom. The molecular formula is C16H19NO2S. The third-order valence-corrected chi connectivity index (χ3v) is 3.67. The van der Waals surface area contributed by atoms with Crippen LogP contribution in [0.15, 0.2) is 40.8 Å². The minimum atomic E-state index is 0.00903. The predicted molar refractivity (Wildman–Crippen MR) is 82.9 cm³/mol. The second-order valence-electron chi connectivity index (χ2n) is 4.80. The Kier molecular flexibility index (Phi) is 4.90. The fraction of sp³-hybridized carbons (Fsp3) is 0.312. The number of amides is 1. The minimum Gasteiger partial charge on any atom is -0.464 e. The molecule has 2 rings (SSSR count). The van der Waals surface area contributed by atoms with Crippen molar-refractivity contribution in [3.05, 3.63) is 59.0 Å². The molecule has 0 bridgehead atoms. The Hall–Kier alpha value is -1.68. The van der Waals surface area contributed by atoms with Crippen molar-refractivity contribution in [3.63, 3.8) is 0 Å². The lowest BCUT2D eigenvalue weighted by Gasteiger charge is -2.16. The van der Waals surface area contributed by atoms with E-state index in [9.17, 15) is 4.79 Å². The van der Waals surface area contributed by atoms with Crippen molar-refractivity contribution in [1.82, 2.24) is 4.90 Å². The van der Waals surface area contributed by atoms with E-state index in [0.717, 1.165) is 17.3 Å². The van der Waals surface area contributed by atoms with Gasteiger partial charge in [-0.1, -0.05) is 12.1 Å². The van der Waals surface area contributed by atoms with Crippen molar-refractivity contribution in [2.45, 2.75) is 19.2 Å². The topological polar surface area (TPSA) is 33.5 Å². The van der Waals surface area contributed by atoms with Gasteiger partial charge in [0.05, 0.1) is 6.54 Å². The molecule has 106 valence electrons. The molecule has 0 spiro atoms. The lowest BCUT2D eigenvalue weighted by atomic mass is 10.1. The molecule has 0 fully saturated rings. The summed E-state index contributed by atoms with van der Waals surface area (Å²) in [6.45, 7) is 2.38. The fourth-order valence-corrected chi connectivity index (χ4v) is 2.53. The van der Waals surface area contributed by atoms with Crippen LogP contribution < -0.4 is 0 Å². The monoisotopic (exact) mass is 289 g/mol. The van der Waals surface area contributed by atoms with E-state index in [-0.39, 0.29) is 5.91 Å². The molecule has 0 aliphatic carbocycles. The summed E-state index contributed by atoms with van der Waals surface area (Å²) in [7, 11) is 1.79. The van der Waals surface area contributed by atoms with Gasteiger partial charge in [-0.15, -0.1) is 0 Å². The highest BCUT2D eigenvalue weighted by Crippen LogP contribution is 2.14. The molecule has 0 aliphatic heterocycles. The molecule has 0 saturated carbocycles. The van der Waals surface area contributed by atoms with Gasteiger partial charge in [-0.2, -0.15) is 11.8 Å². The zero-order valence-corrected chi connectivity index (χ0v) is 12.9. The largest absolute Gasteiger partial charge is 0.464 e. The zero-order chi connectivity index (χ0) is 14.5. The van der Waals surface area contributed by atoms with Gasteiger partial charge in [0.2, 0.25) is 0 Å². The van der Waals surface area contributed by atoms with E-state index < -0.39 is 0 Å². The quantitative estimate of drug-likeness (QED) is 0.841. The molecular weight excluding hydrogens is 270 g/mol. The van der Waals surface area contributed by atoms with Crippen LogP contribution in [0.2, 0.25) is 0 Å². The third-order valence-electron chi connectivity index (χ3n) is 3.05. The van der Waals surface area contributed by atoms with Gasteiger partial charge in [0, 0.05) is 18.4 Å². The number of rotatable bonds is 5. The Balaban J connectivity index is 2.02. The van der Waals surface area contributed by atoms with E-state index >= 15 is 0 Å². The maximum atomic E-state index is 12.3. The summed E-state index contributed by atoms with van der Waals surface area (Å²) in [6, 6.07) is 11.6. The van der Waals surface area contributed by atoms with Crippen LogP contribution in [0.25, 0.3) is 0 Å². The molecule has 0 aliphatic rings. The van der Waals surface area contributed by atoms with Crippen molar-refractivity contribution in [3.8, 4) is 0 Å². The molecule has 0 atom stereocenters. The van der Waals surface area contributed by atoms with Gasteiger partial charge in [-0.3, -0.25) is 4.79 Å². The molecule has 3 nitrogen and oxygen atoms in total. The van der Waals surface area contributed by atoms with Gasteiger partial charge in [0.15, 0.2) is 0 Å². The van der Waals surface area contributed by atoms with Crippen molar-refractivity contribution < 1.29 is 9.21 Å². The SMILES string of the molecule is CSCc1ccc(C(=O)N(C)Cc2ccc(C)o2)cc1. The maximum absolute atomic E-state index is 12.3. The molecule has 0 unspecified atom stereocenters. The number of aryl methyl sites for hydroxylation is 1. The average Bonchev–Trinajstić information content (AvgIpc) is 2.84. The molecule has 1 aromatic carbocycles. The lowest BCUT2D eigenvalue weighted by molar-refractivity contribution is 0.0775. The van der Waals surface area contributed by atoms with E-state index in [1.807, 2.05) is 43.3 Å². The highest BCUT2D eigenvalue weighted by Gasteiger charge is 2.13. The van der Waals surface area contributed by atoms with Crippen LogP contribution in [0.5, 0.6) is 0 Å². The van der Waals surface area contributed by atoms with E-state index in [0.29, 0.717) is 12.1 Å². The first-order valence-electron chi connectivity index (χ1n) is 6.49. The number of hydrogen-bond donors (Lipinski definition) is 0. The van der Waals surface area contributed by atoms with Gasteiger partial charge in [0.1, 0.15) is 11.5 Å². The summed E-state index contributed by atoms with van der Waals surface area (Å²) in [5.41, 5.74) is 1.94. The van der Waals surface area contributed by atoms with Crippen LogP contribution in [0.3, 0.4) is 0 Å². The van der Waals surface area contributed by atoms with Crippen LogP contribution >= 0.6 is 11.8 Å². The van der Waals surface area contributed by atoms with Crippen molar-refractivity contribution >= 4 is 17.7 Å². The van der Waals surface area contributed by atoms with Gasteiger partial charge >= 0.3 is 0 Å². The summed E-state index contributed by atoms with van der Waals surface area (Å²) < 4.78 is 5.49. The van der Waals surface area contributed by atoms with Crippen LogP contribution in [0.4, 0.5) is 0 Å². The Bertz CT molecular complexity index is 574. The molecule has 0 saturated heterocycles. The number of benzene rings is 1. The lowest BCUT2D eigenvalue weighted by Crippen LogP contribution is -2.25. The summed E-state index contributed by atoms with van der Waals surface area (Å²) >= 11 is 1.77. The van der Waals surface area contributed by atoms with Gasteiger partial charge in [-0.25, -0.2) is 0 Å². The van der Waals surface area contributed by atoms with E-state index in [1.165, 1.54) is 5.56 Å². The van der Waals surface area contributed by atoms with E-state index in [2.05, 4.69) is 6.26 Å². The normalized spacial score (nSPS) is 10.6. The minimum absolute atomic E-state index is 0.00903. The first-order valence-corrected chi connectivity index (χ1v) is 7.88. The first kappa shape index (κ1) is 14.7. The van der Waals surface area contributed by atoms with E-state index in [4.69, 9.17) is 4.42 Å². The van der Waals surface area contributed by atoms with Gasteiger partial charge in [0.25, 0.3) is 5.91 Å².